The van der Waals surface area contributed by atoms with Crippen molar-refractivity contribution in [1.29, 1.82) is 0 Å². The van der Waals surface area contributed by atoms with E-state index < -0.39 is 0 Å². The van der Waals surface area contributed by atoms with Crippen LogP contribution in [0.3, 0.4) is 0 Å². The average molecular weight is 369 g/mol. The van der Waals surface area contributed by atoms with Gasteiger partial charge in [0.25, 0.3) is 0 Å². The minimum Gasteiger partial charge on any atom is -0.357 e. The summed E-state index contributed by atoms with van der Waals surface area (Å²) in [5.74, 6) is 1.33. The molecule has 0 spiro atoms. The summed E-state index contributed by atoms with van der Waals surface area (Å²) >= 11 is 0. The molecule has 2 heterocycles. The molecule has 1 aromatic heterocycles. The highest BCUT2D eigenvalue weighted by atomic mass is 19.1. The van der Waals surface area contributed by atoms with Crippen LogP contribution in [0.2, 0.25) is 0 Å². The second-order valence-electron chi connectivity index (χ2n) is 6.92. The highest BCUT2D eigenvalue weighted by Crippen LogP contribution is 2.21. The summed E-state index contributed by atoms with van der Waals surface area (Å²) < 4.78 is 14.0. The van der Waals surface area contributed by atoms with Gasteiger partial charge in [0.2, 0.25) is 0 Å². The number of aromatic nitrogens is 1. The van der Waals surface area contributed by atoms with Crippen molar-refractivity contribution in [2.45, 2.75) is 32.2 Å². The van der Waals surface area contributed by atoms with Crippen LogP contribution in [0.4, 0.5) is 10.2 Å². The molecule has 0 radical (unpaired) electrons. The Morgan fingerprint density at radius 1 is 1.30 bits per heavy atom. The fourth-order valence-corrected chi connectivity index (χ4v) is 3.31. The summed E-state index contributed by atoms with van der Waals surface area (Å²) in [6.45, 7) is 7.26. The maximum atomic E-state index is 14.0. The van der Waals surface area contributed by atoms with Crippen LogP contribution >= 0.6 is 0 Å². The number of hydrogen-bond acceptors (Lipinski definition) is 3. The molecule has 2 N–H and O–H groups in total. The van der Waals surface area contributed by atoms with Gasteiger partial charge in [0, 0.05) is 44.3 Å². The van der Waals surface area contributed by atoms with E-state index >= 15 is 0 Å². The number of nitrogens with one attached hydrogen (secondary N) is 2. The number of hydrogen-bond donors (Lipinski definition) is 2. The fraction of sp³-hybridized carbons (Fsp3) is 0.429. The SMILES string of the molecule is CCNC(=NCC(C)c1ccccc1)NC1CCN(c2ncccc2F)C1. The number of rotatable bonds is 6. The molecule has 3 rings (SSSR count). The van der Waals surface area contributed by atoms with Gasteiger partial charge in [-0.05, 0) is 31.0 Å². The van der Waals surface area contributed by atoms with Gasteiger partial charge in [-0.25, -0.2) is 9.37 Å². The Balaban J connectivity index is 1.59. The van der Waals surface area contributed by atoms with Gasteiger partial charge in [0.05, 0.1) is 0 Å². The van der Waals surface area contributed by atoms with Gasteiger partial charge in [0.1, 0.15) is 0 Å². The van der Waals surface area contributed by atoms with Crippen LogP contribution in [0.25, 0.3) is 0 Å². The molecule has 1 aliphatic rings. The largest absolute Gasteiger partial charge is 0.357 e. The lowest BCUT2D eigenvalue weighted by molar-refractivity contribution is 0.612. The molecule has 0 aliphatic carbocycles. The first-order valence-electron chi connectivity index (χ1n) is 9.62. The van der Waals surface area contributed by atoms with E-state index in [2.05, 4.69) is 53.7 Å². The smallest absolute Gasteiger partial charge is 0.191 e. The van der Waals surface area contributed by atoms with Crippen LogP contribution in [0.5, 0.6) is 0 Å². The first-order chi connectivity index (χ1) is 13.2. The van der Waals surface area contributed by atoms with E-state index in [0.717, 1.165) is 25.5 Å². The number of pyridine rings is 1. The Morgan fingerprint density at radius 3 is 2.85 bits per heavy atom. The van der Waals surface area contributed by atoms with Crippen molar-refractivity contribution in [3.05, 3.63) is 60.0 Å². The maximum absolute atomic E-state index is 14.0. The normalized spacial score (nSPS) is 18.4. The molecule has 2 aromatic rings. The molecular formula is C21H28FN5. The van der Waals surface area contributed by atoms with Gasteiger partial charge in [-0.3, -0.25) is 4.99 Å². The first-order valence-corrected chi connectivity index (χ1v) is 9.62. The molecular weight excluding hydrogens is 341 g/mol. The number of guanidine groups is 1. The zero-order valence-electron chi connectivity index (χ0n) is 16.0. The lowest BCUT2D eigenvalue weighted by atomic mass is 10.0. The zero-order chi connectivity index (χ0) is 19.1. The van der Waals surface area contributed by atoms with Crippen molar-refractivity contribution >= 4 is 11.8 Å². The van der Waals surface area contributed by atoms with Crippen LogP contribution < -0.4 is 15.5 Å². The van der Waals surface area contributed by atoms with E-state index in [4.69, 9.17) is 4.99 Å². The molecule has 1 saturated heterocycles. The number of anilines is 1. The Kier molecular flexibility index (Phi) is 6.63. The molecule has 27 heavy (non-hydrogen) atoms. The molecule has 0 amide bonds. The molecule has 5 nitrogen and oxygen atoms in total. The standard InChI is InChI=1S/C21H28FN5/c1-3-23-21(25-14-16(2)17-8-5-4-6-9-17)26-18-11-13-27(15-18)20-19(22)10-7-12-24-20/h4-10,12,16,18H,3,11,13-15H2,1-2H3,(H2,23,25,26). The lowest BCUT2D eigenvalue weighted by Gasteiger charge is -2.20. The van der Waals surface area contributed by atoms with Gasteiger partial charge in [-0.1, -0.05) is 37.3 Å². The second kappa shape index (κ2) is 9.35. The Labute approximate surface area is 160 Å². The summed E-state index contributed by atoms with van der Waals surface area (Å²) in [7, 11) is 0. The predicted octanol–water partition coefficient (Wildman–Crippen LogP) is 3.16. The minimum absolute atomic E-state index is 0.219. The van der Waals surface area contributed by atoms with Gasteiger partial charge in [-0.15, -0.1) is 0 Å². The second-order valence-corrected chi connectivity index (χ2v) is 6.92. The molecule has 2 unspecified atom stereocenters. The average Bonchev–Trinajstić information content (AvgIpc) is 3.15. The number of benzene rings is 1. The van der Waals surface area contributed by atoms with E-state index in [1.165, 1.54) is 11.6 Å². The minimum atomic E-state index is -0.268. The van der Waals surface area contributed by atoms with E-state index in [1.807, 2.05) is 11.0 Å². The summed E-state index contributed by atoms with van der Waals surface area (Å²) in [5, 5.41) is 6.80. The number of halogens is 1. The maximum Gasteiger partial charge on any atom is 0.191 e. The van der Waals surface area contributed by atoms with Gasteiger partial charge >= 0.3 is 0 Å². The van der Waals surface area contributed by atoms with Crippen molar-refractivity contribution in [1.82, 2.24) is 15.6 Å². The third-order valence-electron chi connectivity index (χ3n) is 4.80. The molecule has 0 saturated carbocycles. The molecule has 1 aliphatic heterocycles. The highest BCUT2D eigenvalue weighted by Gasteiger charge is 2.25. The van der Waals surface area contributed by atoms with Crippen LogP contribution in [-0.4, -0.2) is 43.2 Å². The van der Waals surface area contributed by atoms with Gasteiger partial charge < -0.3 is 15.5 Å². The highest BCUT2D eigenvalue weighted by molar-refractivity contribution is 5.80. The fourth-order valence-electron chi connectivity index (χ4n) is 3.31. The van der Waals surface area contributed by atoms with Crippen LogP contribution in [-0.2, 0) is 0 Å². The number of nitrogens with zero attached hydrogens (tertiary/aromatic N) is 3. The van der Waals surface area contributed by atoms with Gasteiger partial charge in [0.15, 0.2) is 17.6 Å². The lowest BCUT2D eigenvalue weighted by Crippen LogP contribution is -2.44. The quantitative estimate of drug-likeness (QED) is 0.607. The van der Waals surface area contributed by atoms with Crippen molar-refractivity contribution in [2.24, 2.45) is 4.99 Å². The van der Waals surface area contributed by atoms with Gasteiger partial charge in [-0.2, -0.15) is 0 Å². The van der Waals surface area contributed by atoms with Crippen LogP contribution in [0.15, 0.2) is 53.7 Å². The summed E-state index contributed by atoms with van der Waals surface area (Å²) in [6, 6.07) is 13.7. The molecule has 1 fully saturated rings. The van der Waals surface area contributed by atoms with Crippen molar-refractivity contribution < 1.29 is 4.39 Å². The van der Waals surface area contributed by atoms with E-state index in [0.29, 0.717) is 24.8 Å². The molecule has 6 heteroatoms. The van der Waals surface area contributed by atoms with Crippen molar-refractivity contribution in [3.8, 4) is 0 Å². The van der Waals surface area contributed by atoms with E-state index in [9.17, 15) is 4.39 Å². The molecule has 144 valence electrons. The Bertz CT molecular complexity index is 749. The predicted molar refractivity (Wildman–Crippen MR) is 109 cm³/mol. The summed E-state index contributed by atoms with van der Waals surface area (Å²) in [5.41, 5.74) is 1.29. The van der Waals surface area contributed by atoms with E-state index in [1.54, 1.807) is 12.3 Å². The molecule has 2 atom stereocenters. The summed E-state index contributed by atoms with van der Waals surface area (Å²) in [6.07, 6.45) is 2.56. The summed E-state index contributed by atoms with van der Waals surface area (Å²) in [4.78, 5) is 10.9. The third kappa shape index (κ3) is 5.18. The molecule has 0 bridgehead atoms. The molecule has 1 aromatic carbocycles. The Morgan fingerprint density at radius 2 is 2.11 bits per heavy atom. The van der Waals surface area contributed by atoms with Crippen molar-refractivity contribution in [2.75, 3.05) is 31.1 Å². The van der Waals surface area contributed by atoms with Crippen LogP contribution in [0.1, 0.15) is 31.7 Å². The Hall–Kier alpha value is -2.63. The number of aliphatic imine (C=N–C) groups is 1. The zero-order valence-corrected chi connectivity index (χ0v) is 16.0. The van der Waals surface area contributed by atoms with Crippen molar-refractivity contribution in [3.63, 3.8) is 0 Å². The van der Waals surface area contributed by atoms with E-state index in [-0.39, 0.29) is 11.9 Å². The first kappa shape index (κ1) is 19.1. The monoisotopic (exact) mass is 369 g/mol. The topological polar surface area (TPSA) is 52.6 Å². The third-order valence-corrected chi connectivity index (χ3v) is 4.80. The van der Waals surface area contributed by atoms with Crippen LogP contribution in [0, 0.1) is 5.82 Å².